The Hall–Kier alpha value is -2.54. The van der Waals surface area contributed by atoms with Crippen molar-refractivity contribution in [2.45, 2.75) is 32.7 Å². The number of para-hydroxylation sites is 1. The molecular formula is C23H23N. The molecule has 0 saturated heterocycles. The summed E-state index contributed by atoms with van der Waals surface area (Å²) in [5.74, 6) is 0.602. The van der Waals surface area contributed by atoms with E-state index in [2.05, 4.69) is 91.2 Å². The van der Waals surface area contributed by atoms with Gasteiger partial charge in [-0.25, -0.2) is 0 Å². The number of fused-ring (bicyclic) bond motifs is 3. The van der Waals surface area contributed by atoms with Crippen LogP contribution in [0.2, 0.25) is 0 Å². The Kier molecular flexibility index (Phi) is 3.86. The number of rotatable bonds is 4. The number of aromatic nitrogens is 1. The quantitative estimate of drug-likeness (QED) is 0.413. The molecule has 0 bridgehead atoms. The van der Waals surface area contributed by atoms with E-state index in [0.29, 0.717) is 5.92 Å². The highest BCUT2D eigenvalue weighted by Gasteiger charge is 2.12. The first-order valence-corrected chi connectivity index (χ1v) is 8.82. The van der Waals surface area contributed by atoms with Gasteiger partial charge in [-0.3, -0.25) is 0 Å². The number of nitrogens with zero attached hydrogens (tertiary/aromatic N) is 1. The molecule has 0 spiro atoms. The molecule has 0 N–H and O–H groups in total. The Morgan fingerprint density at radius 2 is 1.50 bits per heavy atom. The van der Waals surface area contributed by atoms with Gasteiger partial charge < -0.3 is 4.57 Å². The molecule has 1 aromatic heterocycles. The van der Waals surface area contributed by atoms with Gasteiger partial charge in [-0.15, -0.1) is 0 Å². The smallest absolute Gasteiger partial charge is 0.0494 e. The third-order valence-corrected chi connectivity index (χ3v) is 5.16. The summed E-state index contributed by atoms with van der Waals surface area (Å²) >= 11 is 0. The molecule has 1 atom stereocenters. The van der Waals surface area contributed by atoms with Crippen LogP contribution < -0.4 is 0 Å². The molecule has 0 aliphatic heterocycles. The number of benzene rings is 3. The van der Waals surface area contributed by atoms with Crippen molar-refractivity contribution >= 4 is 21.8 Å². The van der Waals surface area contributed by atoms with E-state index in [9.17, 15) is 0 Å². The van der Waals surface area contributed by atoms with Gasteiger partial charge in [0.2, 0.25) is 0 Å². The fraction of sp³-hybridized carbons (Fsp3) is 0.217. The zero-order chi connectivity index (χ0) is 16.5. The summed E-state index contributed by atoms with van der Waals surface area (Å²) in [4.78, 5) is 0. The van der Waals surface area contributed by atoms with Crippen LogP contribution in [0.5, 0.6) is 0 Å². The monoisotopic (exact) mass is 313 g/mol. The molecule has 24 heavy (non-hydrogen) atoms. The maximum atomic E-state index is 2.44. The molecule has 0 radical (unpaired) electrons. The minimum Gasteiger partial charge on any atom is -0.336 e. The van der Waals surface area contributed by atoms with Crippen LogP contribution in [0.4, 0.5) is 0 Å². The summed E-state index contributed by atoms with van der Waals surface area (Å²) in [5, 5.41) is 2.73. The van der Waals surface area contributed by atoms with Crippen LogP contribution in [0.25, 0.3) is 21.8 Å². The lowest BCUT2D eigenvalue weighted by Crippen LogP contribution is -1.99. The molecule has 120 valence electrons. The summed E-state index contributed by atoms with van der Waals surface area (Å²) in [6.07, 6.45) is 1.17. The molecule has 1 heterocycles. The van der Waals surface area contributed by atoms with Crippen molar-refractivity contribution in [2.24, 2.45) is 0 Å². The average Bonchev–Trinajstić information content (AvgIpc) is 2.95. The first-order valence-electron chi connectivity index (χ1n) is 8.82. The third kappa shape index (κ3) is 2.50. The lowest BCUT2D eigenvalue weighted by molar-refractivity contribution is 0.734. The highest BCUT2D eigenvalue weighted by Crippen LogP contribution is 2.32. The van der Waals surface area contributed by atoms with E-state index in [1.165, 1.54) is 39.4 Å². The van der Waals surface area contributed by atoms with Gasteiger partial charge in [-0.1, -0.05) is 68.4 Å². The minimum absolute atomic E-state index is 0.602. The Bertz CT molecular complexity index is 979. The fourth-order valence-electron chi connectivity index (χ4n) is 3.55. The van der Waals surface area contributed by atoms with Crippen LogP contribution in [0.15, 0.2) is 72.8 Å². The van der Waals surface area contributed by atoms with Crippen LogP contribution in [-0.4, -0.2) is 4.57 Å². The second kappa shape index (κ2) is 6.16. The molecule has 4 aromatic rings. The van der Waals surface area contributed by atoms with Gasteiger partial charge in [-0.2, -0.15) is 0 Å². The zero-order valence-corrected chi connectivity index (χ0v) is 14.4. The van der Waals surface area contributed by atoms with Crippen molar-refractivity contribution in [3.05, 3.63) is 83.9 Å². The highest BCUT2D eigenvalue weighted by molar-refractivity contribution is 6.08. The van der Waals surface area contributed by atoms with E-state index in [1.54, 1.807) is 0 Å². The predicted molar refractivity (Wildman–Crippen MR) is 104 cm³/mol. The topological polar surface area (TPSA) is 4.93 Å². The highest BCUT2D eigenvalue weighted by atomic mass is 15.0. The van der Waals surface area contributed by atoms with Gasteiger partial charge in [0.15, 0.2) is 0 Å². The van der Waals surface area contributed by atoms with Crippen LogP contribution in [0.3, 0.4) is 0 Å². The zero-order valence-electron chi connectivity index (χ0n) is 14.4. The van der Waals surface area contributed by atoms with Crippen LogP contribution in [0, 0.1) is 0 Å². The van der Waals surface area contributed by atoms with Crippen molar-refractivity contribution in [3.63, 3.8) is 0 Å². The van der Waals surface area contributed by atoms with E-state index in [4.69, 9.17) is 0 Å². The first kappa shape index (κ1) is 15.0. The maximum absolute atomic E-state index is 2.44. The summed E-state index contributed by atoms with van der Waals surface area (Å²) in [7, 11) is 0. The van der Waals surface area contributed by atoms with E-state index < -0.39 is 0 Å². The molecular weight excluding hydrogens is 290 g/mol. The third-order valence-electron chi connectivity index (χ3n) is 5.16. The molecule has 0 amide bonds. The number of hydrogen-bond donors (Lipinski definition) is 0. The van der Waals surface area contributed by atoms with Crippen LogP contribution in [0.1, 0.15) is 37.3 Å². The van der Waals surface area contributed by atoms with Crippen molar-refractivity contribution in [1.82, 2.24) is 4.57 Å². The molecule has 0 fully saturated rings. The maximum Gasteiger partial charge on any atom is 0.0494 e. The second-order valence-electron chi connectivity index (χ2n) is 6.67. The van der Waals surface area contributed by atoms with Gasteiger partial charge in [0.1, 0.15) is 0 Å². The summed E-state index contributed by atoms with van der Waals surface area (Å²) < 4.78 is 2.44. The Morgan fingerprint density at radius 3 is 2.29 bits per heavy atom. The van der Waals surface area contributed by atoms with Crippen LogP contribution in [-0.2, 0) is 6.54 Å². The predicted octanol–water partition coefficient (Wildman–Crippen LogP) is 6.36. The standard InChI is InChI=1S/C23H23N/c1-3-17(2)19-13-14-23-21(15-19)20-11-7-8-12-22(20)24(23)16-18-9-5-4-6-10-18/h4-15,17H,3,16H2,1-2H3. The lowest BCUT2D eigenvalue weighted by Gasteiger charge is -2.10. The molecule has 0 aliphatic carbocycles. The number of hydrogen-bond acceptors (Lipinski definition) is 0. The molecule has 0 saturated carbocycles. The lowest BCUT2D eigenvalue weighted by atomic mass is 9.97. The Morgan fingerprint density at radius 1 is 0.792 bits per heavy atom. The van der Waals surface area contributed by atoms with Gasteiger partial charge in [0.25, 0.3) is 0 Å². The van der Waals surface area contributed by atoms with Crippen molar-refractivity contribution < 1.29 is 0 Å². The van der Waals surface area contributed by atoms with E-state index >= 15 is 0 Å². The SMILES string of the molecule is CCC(C)c1ccc2c(c1)c1ccccc1n2Cc1ccccc1. The van der Waals surface area contributed by atoms with Crippen molar-refractivity contribution in [2.75, 3.05) is 0 Å². The van der Waals surface area contributed by atoms with E-state index in [1.807, 2.05) is 0 Å². The molecule has 3 aromatic carbocycles. The minimum atomic E-state index is 0.602. The molecule has 0 aliphatic rings. The fourth-order valence-corrected chi connectivity index (χ4v) is 3.55. The average molecular weight is 313 g/mol. The van der Waals surface area contributed by atoms with E-state index in [-0.39, 0.29) is 0 Å². The Labute approximate surface area is 143 Å². The van der Waals surface area contributed by atoms with E-state index in [0.717, 1.165) is 6.54 Å². The normalized spacial score (nSPS) is 12.8. The van der Waals surface area contributed by atoms with Gasteiger partial charge >= 0.3 is 0 Å². The Balaban J connectivity index is 1.94. The summed E-state index contributed by atoms with van der Waals surface area (Å²) in [6.45, 7) is 5.48. The first-order chi connectivity index (χ1) is 11.8. The van der Waals surface area contributed by atoms with Gasteiger partial charge in [0.05, 0.1) is 0 Å². The van der Waals surface area contributed by atoms with Gasteiger partial charge in [0, 0.05) is 28.4 Å². The summed E-state index contributed by atoms with van der Waals surface area (Å²) in [6, 6.07) is 26.5. The molecule has 1 nitrogen and oxygen atoms in total. The second-order valence-corrected chi connectivity index (χ2v) is 6.67. The van der Waals surface area contributed by atoms with Gasteiger partial charge in [-0.05, 0) is 41.7 Å². The van der Waals surface area contributed by atoms with Crippen LogP contribution >= 0.6 is 0 Å². The van der Waals surface area contributed by atoms with Crippen molar-refractivity contribution in [3.8, 4) is 0 Å². The largest absolute Gasteiger partial charge is 0.336 e. The molecule has 4 rings (SSSR count). The van der Waals surface area contributed by atoms with Crippen molar-refractivity contribution in [1.29, 1.82) is 0 Å². The summed E-state index contributed by atoms with van der Waals surface area (Å²) in [5.41, 5.74) is 5.42. The molecule has 1 unspecified atom stereocenters. The molecule has 1 heteroatoms.